The van der Waals surface area contributed by atoms with E-state index < -0.39 is 0 Å². The molecule has 1 N–H and O–H groups in total. The van der Waals surface area contributed by atoms with Crippen LogP contribution in [0.5, 0.6) is 5.75 Å². The van der Waals surface area contributed by atoms with Crippen LogP contribution in [0.1, 0.15) is 12.0 Å². The summed E-state index contributed by atoms with van der Waals surface area (Å²) in [6.45, 7) is 0.166. The molecule has 13 heavy (non-hydrogen) atoms. The fraction of sp³-hybridized carbons (Fsp3) is 0.300. The van der Waals surface area contributed by atoms with Crippen molar-refractivity contribution in [3.05, 3.63) is 30.1 Å². The Labute approximate surface area is 77.7 Å². The predicted molar refractivity (Wildman–Crippen MR) is 51.5 cm³/mol. The Kier molecular flexibility index (Phi) is 3.99. The van der Waals surface area contributed by atoms with Gasteiger partial charge in [-0.1, -0.05) is 12.2 Å². The van der Waals surface area contributed by atoms with Crippen LogP contribution < -0.4 is 4.74 Å². The molecule has 0 amide bonds. The molecule has 0 aliphatic heterocycles. The summed E-state index contributed by atoms with van der Waals surface area (Å²) in [6.07, 6.45) is 7.84. The Morgan fingerprint density at radius 1 is 1.62 bits per heavy atom. The molecule has 0 atom stereocenters. The summed E-state index contributed by atoms with van der Waals surface area (Å²) in [5.41, 5.74) is 0.929. The SMILES string of the molecule is COc1ccncc1C=CCCO. The average molecular weight is 179 g/mol. The molecular weight excluding hydrogens is 166 g/mol. The Morgan fingerprint density at radius 2 is 2.46 bits per heavy atom. The molecule has 3 nitrogen and oxygen atoms in total. The molecular formula is C10H13NO2. The number of methoxy groups -OCH3 is 1. The normalized spacial score (nSPS) is 10.6. The summed E-state index contributed by atoms with van der Waals surface area (Å²) in [6, 6.07) is 1.80. The van der Waals surface area contributed by atoms with Gasteiger partial charge < -0.3 is 9.84 Å². The van der Waals surface area contributed by atoms with Crippen LogP contribution in [-0.2, 0) is 0 Å². The number of ether oxygens (including phenoxy) is 1. The number of aliphatic hydroxyl groups excluding tert-OH is 1. The molecule has 0 saturated carbocycles. The van der Waals surface area contributed by atoms with Gasteiger partial charge in [-0.2, -0.15) is 0 Å². The molecule has 3 heteroatoms. The summed E-state index contributed by atoms with van der Waals surface area (Å²) in [7, 11) is 1.62. The van der Waals surface area contributed by atoms with Crippen molar-refractivity contribution in [2.45, 2.75) is 6.42 Å². The van der Waals surface area contributed by atoms with Crippen molar-refractivity contribution < 1.29 is 9.84 Å². The minimum atomic E-state index is 0.166. The van der Waals surface area contributed by atoms with E-state index in [0.717, 1.165) is 11.3 Å². The van der Waals surface area contributed by atoms with Crippen molar-refractivity contribution in [2.75, 3.05) is 13.7 Å². The first kappa shape index (κ1) is 9.74. The summed E-state index contributed by atoms with van der Waals surface area (Å²) in [4.78, 5) is 3.98. The molecule has 0 aliphatic carbocycles. The van der Waals surface area contributed by atoms with Gasteiger partial charge in [0.1, 0.15) is 5.75 Å². The maximum absolute atomic E-state index is 8.57. The van der Waals surface area contributed by atoms with Gasteiger partial charge in [-0.3, -0.25) is 4.98 Å². The third-order valence-corrected chi connectivity index (χ3v) is 1.62. The van der Waals surface area contributed by atoms with Gasteiger partial charge >= 0.3 is 0 Å². The van der Waals surface area contributed by atoms with E-state index in [2.05, 4.69) is 4.98 Å². The Morgan fingerprint density at radius 3 is 3.15 bits per heavy atom. The molecule has 1 aromatic heterocycles. The Balaban J connectivity index is 2.74. The maximum atomic E-state index is 8.57. The number of hydrogen-bond acceptors (Lipinski definition) is 3. The Bertz CT molecular complexity index is 284. The van der Waals surface area contributed by atoms with Gasteiger partial charge in [0.2, 0.25) is 0 Å². The van der Waals surface area contributed by atoms with Gasteiger partial charge in [0.15, 0.2) is 0 Å². The minimum Gasteiger partial charge on any atom is -0.496 e. The molecule has 0 spiro atoms. The second-order valence-corrected chi connectivity index (χ2v) is 2.53. The van der Waals surface area contributed by atoms with E-state index in [-0.39, 0.29) is 6.61 Å². The summed E-state index contributed by atoms with van der Waals surface area (Å²) >= 11 is 0. The molecule has 0 aliphatic rings. The molecule has 0 unspecified atom stereocenters. The first-order valence-corrected chi connectivity index (χ1v) is 4.14. The fourth-order valence-corrected chi connectivity index (χ4v) is 0.990. The second kappa shape index (κ2) is 5.32. The minimum absolute atomic E-state index is 0.166. The predicted octanol–water partition coefficient (Wildman–Crippen LogP) is 1.49. The van der Waals surface area contributed by atoms with Crippen LogP contribution >= 0.6 is 0 Å². The molecule has 70 valence electrons. The monoisotopic (exact) mass is 179 g/mol. The lowest BCUT2D eigenvalue weighted by Gasteiger charge is -2.02. The first-order chi connectivity index (χ1) is 6.38. The topological polar surface area (TPSA) is 42.4 Å². The van der Waals surface area contributed by atoms with Crippen LogP contribution in [0, 0.1) is 0 Å². The van der Waals surface area contributed by atoms with Crippen molar-refractivity contribution in [2.24, 2.45) is 0 Å². The molecule has 0 bridgehead atoms. The van der Waals surface area contributed by atoms with Crippen LogP contribution in [-0.4, -0.2) is 23.8 Å². The average Bonchev–Trinajstić information content (AvgIpc) is 2.19. The molecule has 1 heterocycles. The van der Waals surface area contributed by atoms with Crippen LogP contribution in [0.15, 0.2) is 24.5 Å². The first-order valence-electron chi connectivity index (χ1n) is 4.14. The summed E-state index contributed by atoms with van der Waals surface area (Å²) in [5, 5.41) is 8.57. The lowest BCUT2D eigenvalue weighted by molar-refractivity contribution is 0.303. The van der Waals surface area contributed by atoms with E-state index >= 15 is 0 Å². The van der Waals surface area contributed by atoms with Crippen molar-refractivity contribution in [1.29, 1.82) is 0 Å². The number of rotatable bonds is 4. The van der Waals surface area contributed by atoms with Crippen LogP contribution in [0.3, 0.4) is 0 Å². The highest BCUT2D eigenvalue weighted by molar-refractivity contribution is 5.55. The number of pyridine rings is 1. The molecule has 0 radical (unpaired) electrons. The quantitative estimate of drug-likeness (QED) is 0.761. The zero-order valence-corrected chi connectivity index (χ0v) is 7.60. The number of aromatic nitrogens is 1. The van der Waals surface area contributed by atoms with Crippen LogP contribution in [0.25, 0.3) is 6.08 Å². The molecule has 1 rings (SSSR count). The Hall–Kier alpha value is -1.35. The third kappa shape index (κ3) is 2.87. The molecule has 0 saturated heterocycles. The second-order valence-electron chi connectivity index (χ2n) is 2.53. The van der Waals surface area contributed by atoms with Crippen molar-refractivity contribution in [1.82, 2.24) is 4.98 Å². The standard InChI is InChI=1S/C10H13NO2/c1-13-10-5-6-11-8-9(10)4-2-3-7-12/h2,4-6,8,12H,3,7H2,1H3. The number of hydrogen-bond donors (Lipinski definition) is 1. The van der Waals surface area contributed by atoms with E-state index in [9.17, 15) is 0 Å². The van der Waals surface area contributed by atoms with Crippen LogP contribution in [0.4, 0.5) is 0 Å². The van der Waals surface area contributed by atoms with E-state index in [1.165, 1.54) is 0 Å². The molecule has 1 aromatic rings. The highest BCUT2D eigenvalue weighted by Gasteiger charge is 1.96. The zero-order valence-electron chi connectivity index (χ0n) is 7.60. The zero-order chi connectivity index (χ0) is 9.52. The fourth-order valence-electron chi connectivity index (χ4n) is 0.990. The van der Waals surface area contributed by atoms with Crippen molar-refractivity contribution >= 4 is 6.08 Å². The largest absolute Gasteiger partial charge is 0.496 e. The van der Waals surface area contributed by atoms with Gasteiger partial charge in [0.25, 0.3) is 0 Å². The van der Waals surface area contributed by atoms with Gasteiger partial charge in [0, 0.05) is 24.6 Å². The summed E-state index contributed by atoms with van der Waals surface area (Å²) < 4.78 is 5.12. The molecule has 0 fully saturated rings. The van der Waals surface area contributed by atoms with E-state index in [1.54, 1.807) is 25.6 Å². The lowest BCUT2D eigenvalue weighted by atomic mass is 10.2. The smallest absolute Gasteiger partial charge is 0.129 e. The van der Waals surface area contributed by atoms with Gasteiger partial charge in [0.05, 0.1) is 7.11 Å². The van der Waals surface area contributed by atoms with Crippen molar-refractivity contribution in [3.8, 4) is 5.75 Å². The number of aliphatic hydroxyl groups is 1. The molecule has 0 aromatic carbocycles. The van der Waals surface area contributed by atoms with E-state index in [4.69, 9.17) is 9.84 Å². The summed E-state index contributed by atoms with van der Waals surface area (Å²) in [5.74, 6) is 0.796. The van der Waals surface area contributed by atoms with Gasteiger partial charge in [-0.15, -0.1) is 0 Å². The van der Waals surface area contributed by atoms with Gasteiger partial charge in [-0.25, -0.2) is 0 Å². The highest BCUT2D eigenvalue weighted by atomic mass is 16.5. The van der Waals surface area contributed by atoms with Gasteiger partial charge in [-0.05, 0) is 12.5 Å². The maximum Gasteiger partial charge on any atom is 0.129 e. The number of nitrogens with zero attached hydrogens (tertiary/aromatic N) is 1. The highest BCUT2D eigenvalue weighted by Crippen LogP contribution is 2.17. The van der Waals surface area contributed by atoms with E-state index in [0.29, 0.717) is 6.42 Å². The third-order valence-electron chi connectivity index (χ3n) is 1.62. The lowest BCUT2D eigenvalue weighted by Crippen LogP contribution is -1.87. The van der Waals surface area contributed by atoms with E-state index in [1.807, 2.05) is 12.2 Å². The van der Waals surface area contributed by atoms with Crippen LogP contribution in [0.2, 0.25) is 0 Å². The van der Waals surface area contributed by atoms with Crippen molar-refractivity contribution in [3.63, 3.8) is 0 Å².